The summed E-state index contributed by atoms with van der Waals surface area (Å²) in [4.78, 5) is -0.00439. The molecule has 2 aromatic rings. The van der Waals surface area contributed by atoms with Gasteiger partial charge in [-0.05, 0) is 36.7 Å². The minimum Gasteiger partial charge on any atom is -0.504 e. The summed E-state index contributed by atoms with van der Waals surface area (Å²) in [6, 6.07) is 8.74. The standard InChI is InChI=1S/C20H28N2O6S/c1-14(2)13-21-9-10-22-15-5-7-17(8-6-15)29(24,25)28-16-11-18(23)20(27-4)19(12-16)26-3/h5-8,11-12,14,21-23H,9-10,13H2,1-4H3. The molecule has 0 fully saturated rings. The number of anilines is 1. The van der Waals surface area contributed by atoms with Gasteiger partial charge in [0.1, 0.15) is 4.90 Å². The van der Waals surface area contributed by atoms with E-state index in [-0.39, 0.29) is 27.9 Å². The Bertz CT molecular complexity index is 898. The Morgan fingerprint density at radius 3 is 2.31 bits per heavy atom. The van der Waals surface area contributed by atoms with Crippen molar-refractivity contribution in [3.05, 3.63) is 36.4 Å². The summed E-state index contributed by atoms with van der Waals surface area (Å²) in [6.07, 6.45) is 0. The Hall–Kier alpha value is -2.65. The van der Waals surface area contributed by atoms with Gasteiger partial charge in [-0.3, -0.25) is 0 Å². The topological polar surface area (TPSA) is 106 Å². The number of phenolic OH excluding ortho intramolecular Hbond substituents is 1. The molecule has 0 saturated heterocycles. The molecule has 0 radical (unpaired) electrons. The van der Waals surface area contributed by atoms with Crippen LogP contribution in [0.15, 0.2) is 41.3 Å². The molecule has 29 heavy (non-hydrogen) atoms. The van der Waals surface area contributed by atoms with Gasteiger partial charge in [0, 0.05) is 30.9 Å². The molecule has 0 aliphatic rings. The molecule has 0 heterocycles. The average Bonchev–Trinajstić information content (AvgIpc) is 2.67. The second-order valence-electron chi connectivity index (χ2n) is 6.76. The predicted molar refractivity (Wildman–Crippen MR) is 112 cm³/mol. The van der Waals surface area contributed by atoms with Crippen LogP contribution in [0.25, 0.3) is 0 Å². The van der Waals surface area contributed by atoms with Gasteiger partial charge in [-0.15, -0.1) is 0 Å². The molecule has 0 amide bonds. The molecule has 0 spiro atoms. The van der Waals surface area contributed by atoms with Gasteiger partial charge in [0.15, 0.2) is 17.2 Å². The van der Waals surface area contributed by atoms with Crippen molar-refractivity contribution in [2.45, 2.75) is 18.7 Å². The highest BCUT2D eigenvalue weighted by Crippen LogP contribution is 2.40. The molecule has 0 saturated carbocycles. The highest BCUT2D eigenvalue weighted by Gasteiger charge is 2.20. The highest BCUT2D eigenvalue weighted by atomic mass is 32.2. The molecule has 160 valence electrons. The number of aromatic hydroxyl groups is 1. The molecule has 0 aliphatic carbocycles. The second kappa shape index (κ2) is 10.2. The Kier molecular flexibility index (Phi) is 7.98. The van der Waals surface area contributed by atoms with Crippen molar-refractivity contribution in [2.75, 3.05) is 39.2 Å². The molecule has 0 aromatic heterocycles. The van der Waals surface area contributed by atoms with Crippen molar-refractivity contribution in [2.24, 2.45) is 5.92 Å². The number of hydrogen-bond acceptors (Lipinski definition) is 8. The fourth-order valence-electron chi connectivity index (χ4n) is 2.57. The summed E-state index contributed by atoms with van der Waals surface area (Å²) in [5.74, 6) is 0.465. The van der Waals surface area contributed by atoms with Gasteiger partial charge in [-0.2, -0.15) is 8.42 Å². The fraction of sp³-hybridized carbons (Fsp3) is 0.400. The van der Waals surface area contributed by atoms with E-state index in [1.165, 1.54) is 32.4 Å². The van der Waals surface area contributed by atoms with E-state index in [0.717, 1.165) is 31.4 Å². The number of nitrogens with one attached hydrogen (secondary N) is 2. The number of phenols is 1. The van der Waals surface area contributed by atoms with Crippen LogP contribution < -0.4 is 24.3 Å². The Morgan fingerprint density at radius 1 is 1.03 bits per heavy atom. The molecule has 0 unspecified atom stereocenters. The van der Waals surface area contributed by atoms with Gasteiger partial charge < -0.3 is 29.4 Å². The van der Waals surface area contributed by atoms with E-state index in [2.05, 4.69) is 24.5 Å². The van der Waals surface area contributed by atoms with Crippen LogP contribution in [0, 0.1) is 5.92 Å². The van der Waals surface area contributed by atoms with E-state index in [1.54, 1.807) is 12.1 Å². The minimum absolute atomic E-state index is 0.00439. The monoisotopic (exact) mass is 424 g/mol. The number of benzene rings is 2. The summed E-state index contributed by atoms with van der Waals surface area (Å²) in [6.45, 7) is 6.77. The van der Waals surface area contributed by atoms with Crippen LogP contribution in [0.5, 0.6) is 23.0 Å². The molecule has 0 aliphatic heterocycles. The van der Waals surface area contributed by atoms with Crippen molar-refractivity contribution in [3.8, 4) is 23.0 Å². The van der Waals surface area contributed by atoms with Gasteiger partial charge >= 0.3 is 10.1 Å². The van der Waals surface area contributed by atoms with Gasteiger partial charge in [0.25, 0.3) is 0 Å². The quantitative estimate of drug-likeness (QED) is 0.374. The largest absolute Gasteiger partial charge is 0.504 e. The minimum atomic E-state index is -4.08. The van der Waals surface area contributed by atoms with Crippen LogP contribution in [-0.4, -0.2) is 47.4 Å². The molecule has 0 bridgehead atoms. The third kappa shape index (κ3) is 6.43. The molecular weight excluding hydrogens is 396 g/mol. The number of rotatable bonds is 11. The maximum atomic E-state index is 12.5. The van der Waals surface area contributed by atoms with Crippen molar-refractivity contribution < 1.29 is 27.2 Å². The van der Waals surface area contributed by atoms with E-state index < -0.39 is 10.1 Å². The summed E-state index contributed by atoms with van der Waals surface area (Å²) in [5, 5.41) is 16.5. The first-order chi connectivity index (χ1) is 13.8. The van der Waals surface area contributed by atoms with Crippen LogP contribution >= 0.6 is 0 Å². The lowest BCUT2D eigenvalue weighted by molar-refractivity contribution is 0.331. The lowest BCUT2D eigenvalue weighted by Crippen LogP contribution is -2.25. The first kappa shape index (κ1) is 22.6. The summed E-state index contributed by atoms with van der Waals surface area (Å²) in [7, 11) is -1.34. The van der Waals surface area contributed by atoms with Crippen LogP contribution in [0.3, 0.4) is 0 Å². The average molecular weight is 425 g/mol. The maximum absolute atomic E-state index is 12.5. The van der Waals surface area contributed by atoms with Gasteiger partial charge in [-0.1, -0.05) is 13.8 Å². The molecular formula is C20H28N2O6S. The smallest absolute Gasteiger partial charge is 0.339 e. The number of hydrogen-bond donors (Lipinski definition) is 3. The predicted octanol–water partition coefficient (Wildman–Crippen LogP) is 2.83. The normalized spacial score (nSPS) is 11.3. The Labute approximate surface area is 171 Å². The summed E-state index contributed by atoms with van der Waals surface area (Å²) in [5.41, 5.74) is 0.805. The van der Waals surface area contributed by atoms with Crippen LogP contribution in [0.1, 0.15) is 13.8 Å². The molecule has 8 nitrogen and oxygen atoms in total. The zero-order valence-corrected chi connectivity index (χ0v) is 17.9. The number of methoxy groups -OCH3 is 2. The fourth-order valence-corrected chi connectivity index (χ4v) is 3.48. The first-order valence-corrected chi connectivity index (χ1v) is 10.6. The van der Waals surface area contributed by atoms with Gasteiger partial charge in [-0.25, -0.2) is 0 Å². The van der Waals surface area contributed by atoms with E-state index >= 15 is 0 Å². The Balaban J connectivity index is 2.03. The lowest BCUT2D eigenvalue weighted by atomic mass is 10.2. The third-order valence-corrected chi connectivity index (χ3v) is 5.23. The van der Waals surface area contributed by atoms with Gasteiger partial charge in [0.2, 0.25) is 5.75 Å². The maximum Gasteiger partial charge on any atom is 0.339 e. The Morgan fingerprint density at radius 2 is 1.72 bits per heavy atom. The summed E-state index contributed by atoms with van der Waals surface area (Å²) < 4.78 is 40.3. The summed E-state index contributed by atoms with van der Waals surface area (Å²) >= 11 is 0. The molecule has 2 rings (SSSR count). The zero-order chi connectivity index (χ0) is 21.4. The van der Waals surface area contributed by atoms with Gasteiger partial charge in [0.05, 0.1) is 14.2 Å². The van der Waals surface area contributed by atoms with Crippen LogP contribution in [0.4, 0.5) is 5.69 Å². The van der Waals surface area contributed by atoms with Crippen molar-refractivity contribution in [1.82, 2.24) is 5.32 Å². The van der Waals surface area contributed by atoms with Crippen molar-refractivity contribution in [1.29, 1.82) is 0 Å². The second-order valence-corrected chi connectivity index (χ2v) is 8.31. The molecule has 9 heteroatoms. The number of ether oxygens (including phenoxy) is 2. The molecule has 0 atom stereocenters. The molecule has 3 N–H and O–H groups in total. The van der Waals surface area contributed by atoms with E-state index in [9.17, 15) is 13.5 Å². The third-order valence-electron chi connectivity index (χ3n) is 3.97. The van der Waals surface area contributed by atoms with E-state index in [1.807, 2.05) is 0 Å². The SMILES string of the molecule is COc1cc(OS(=O)(=O)c2ccc(NCCNCC(C)C)cc2)cc(O)c1OC. The highest BCUT2D eigenvalue weighted by molar-refractivity contribution is 7.87. The zero-order valence-electron chi connectivity index (χ0n) is 17.1. The first-order valence-electron chi connectivity index (χ1n) is 9.21. The molecule has 2 aromatic carbocycles. The van der Waals surface area contributed by atoms with E-state index in [0.29, 0.717) is 5.92 Å². The van der Waals surface area contributed by atoms with E-state index in [4.69, 9.17) is 13.7 Å². The van der Waals surface area contributed by atoms with Crippen LogP contribution in [-0.2, 0) is 10.1 Å². The van der Waals surface area contributed by atoms with Crippen molar-refractivity contribution >= 4 is 15.8 Å². The lowest BCUT2D eigenvalue weighted by Gasteiger charge is -2.13. The van der Waals surface area contributed by atoms with Crippen LogP contribution in [0.2, 0.25) is 0 Å². The van der Waals surface area contributed by atoms with Crippen molar-refractivity contribution in [3.63, 3.8) is 0 Å².